The number of hydrogen-bond donors (Lipinski definition) is 1. The van der Waals surface area contributed by atoms with Crippen LogP contribution >= 0.6 is 15.9 Å². The van der Waals surface area contributed by atoms with Crippen LogP contribution in [0.5, 0.6) is 0 Å². The third kappa shape index (κ3) is 4.50. The van der Waals surface area contributed by atoms with E-state index in [0.29, 0.717) is 13.2 Å². The van der Waals surface area contributed by atoms with E-state index in [4.69, 9.17) is 9.84 Å². The van der Waals surface area contributed by atoms with Crippen LogP contribution in [0.25, 0.3) is 0 Å². The predicted molar refractivity (Wildman–Crippen MR) is 83.0 cm³/mol. The van der Waals surface area contributed by atoms with Gasteiger partial charge in [0.25, 0.3) is 0 Å². The molecule has 0 aromatic heterocycles. The second-order valence-corrected chi connectivity index (χ2v) is 5.10. The maximum atomic E-state index is 8.63. The third-order valence-electron chi connectivity index (χ3n) is 2.75. The van der Waals surface area contributed by atoms with Gasteiger partial charge in [0.2, 0.25) is 0 Å². The SMILES string of the molecule is OCC#Cc1ccc(COCc2ccccc2Br)cc1. The third-order valence-corrected chi connectivity index (χ3v) is 3.52. The van der Waals surface area contributed by atoms with E-state index in [-0.39, 0.29) is 6.61 Å². The maximum Gasteiger partial charge on any atom is 0.104 e. The molecule has 0 unspecified atom stereocenters. The molecule has 2 aromatic rings. The van der Waals surface area contributed by atoms with E-state index in [1.54, 1.807) is 0 Å². The lowest BCUT2D eigenvalue weighted by atomic mass is 10.1. The van der Waals surface area contributed by atoms with E-state index < -0.39 is 0 Å². The normalized spacial score (nSPS) is 9.90. The highest BCUT2D eigenvalue weighted by atomic mass is 79.9. The van der Waals surface area contributed by atoms with Gasteiger partial charge in [-0.1, -0.05) is 58.1 Å². The van der Waals surface area contributed by atoms with E-state index in [0.717, 1.165) is 21.2 Å². The van der Waals surface area contributed by atoms with Gasteiger partial charge in [0.15, 0.2) is 0 Å². The Labute approximate surface area is 127 Å². The summed E-state index contributed by atoms with van der Waals surface area (Å²) in [6.45, 7) is 1.03. The van der Waals surface area contributed by atoms with Crippen molar-refractivity contribution in [2.45, 2.75) is 13.2 Å². The fraction of sp³-hybridized carbons (Fsp3) is 0.176. The standard InChI is InChI=1S/C17H15BrO2/c18-17-6-2-1-5-16(17)13-20-12-15-9-7-14(8-10-15)4-3-11-19/h1-2,5-10,19H,11-13H2. The predicted octanol–water partition coefficient (Wildman–Crippen LogP) is 3.51. The van der Waals surface area contributed by atoms with Crippen molar-refractivity contribution in [2.75, 3.05) is 6.61 Å². The van der Waals surface area contributed by atoms with Gasteiger partial charge in [0.1, 0.15) is 6.61 Å². The van der Waals surface area contributed by atoms with Crippen LogP contribution in [0.4, 0.5) is 0 Å². The molecule has 0 atom stereocenters. The molecule has 0 fully saturated rings. The van der Waals surface area contributed by atoms with E-state index >= 15 is 0 Å². The first-order chi connectivity index (χ1) is 9.79. The molecular weight excluding hydrogens is 316 g/mol. The Morgan fingerprint density at radius 3 is 2.45 bits per heavy atom. The van der Waals surface area contributed by atoms with E-state index in [1.165, 1.54) is 0 Å². The van der Waals surface area contributed by atoms with Gasteiger partial charge in [0, 0.05) is 10.0 Å². The largest absolute Gasteiger partial charge is 0.384 e. The van der Waals surface area contributed by atoms with Gasteiger partial charge >= 0.3 is 0 Å². The van der Waals surface area contributed by atoms with Crippen molar-refractivity contribution in [3.8, 4) is 11.8 Å². The van der Waals surface area contributed by atoms with Crippen LogP contribution in [0.2, 0.25) is 0 Å². The molecule has 0 aliphatic carbocycles. The lowest BCUT2D eigenvalue weighted by Gasteiger charge is -2.06. The van der Waals surface area contributed by atoms with E-state index in [1.807, 2.05) is 48.5 Å². The molecule has 3 heteroatoms. The molecule has 20 heavy (non-hydrogen) atoms. The van der Waals surface area contributed by atoms with Crippen LogP contribution < -0.4 is 0 Å². The molecule has 102 valence electrons. The summed E-state index contributed by atoms with van der Waals surface area (Å²) in [6, 6.07) is 15.9. The molecule has 0 aliphatic rings. The molecule has 0 spiro atoms. The molecule has 0 heterocycles. The summed E-state index contributed by atoms with van der Waals surface area (Å²) in [5.41, 5.74) is 3.14. The fourth-order valence-corrected chi connectivity index (χ4v) is 2.12. The van der Waals surface area contributed by atoms with Crippen LogP contribution in [-0.2, 0) is 18.0 Å². The Hall–Kier alpha value is -1.60. The Kier molecular flexibility index (Phi) is 5.82. The Balaban J connectivity index is 1.87. The molecule has 0 aliphatic heterocycles. The molecular formula is C17H15BrO2. The van der Waals surface area contributed by atoms with Crippen LogP contribution in [0.3, 0.4) is 0 Å². The molecule has 0 radical (unpaired) electrons. The summed E-state index contributed by atoms with van der Waals surface area (Å²) in [5.74, 6) is 5.49. The molecule has 0 bridgehead atoms. The molecule has 0 saturated carbocycles. The number of rotatable bonds is 4. The minimum atomic E-state index is -0.114. The van der Waals surface area contributed by atoms with Gasteiger partial charge in [-0.2, -0.15) is 0 Å². The fourth-order valence-electron chi connectivity index (χ4n) is 1.72. The average Bonchev–Trinajstić information content (AvgIpc) is 2.48. The van der Waals surface area contributed by atoms with Gasteiger partial charge in [-0.3, -0.25) is 0 Å². The molecule has 2 aromatic carbocycles. The van der Waals surface area contributed by atoms with Crippen molar-refractivity contribution in [2.24, 2.45) is 0 Å². The monoisotopic (exact) mass is 330 g/mol. The summed E-state index contributed by atoms with van der Waals surface area (Å²) in [6.07, 6.45) is 0. The van der Waals surface area contributed by atoms with Crippen molar-refractivity contribution in [1.29, 1.82) is 0 Å². The number of ether oxygens (including phenoxy) is 1. The van der Waals surface area contributed by atoms with Gasteiger partial charge in [-0.05, 0) is 29.3 Å². The average molecular weight is 331 g/mol. The number of aliphatic hydroxyl groups is 1. The zero-order valence-corrected chi connectivity index (χ0v) is 12.6. The van der Waals surface area contributed by atoms with E-state index in [9.17, 15) is 0 Å². The molecule has 2 rings (SSSR count). The zero-order valence-electron chi connectivity index (χ0n) is 11.0. The summed E-state index contributed by atoms with van der Waals surface area (Å²) in [4.78, 5) is 0. The van der Waals surface area contributed by atoms with E-state index in [2.05, 4.69) is 27.8 Å². The second-order valence-electron chi connectivity index (χ2n) is 4.24. The lowest BCUT2D eigenvalue weighted by molar-refractivity contribution is 0.107. The Morgan fingerprint density at radius 2 is 1.75 bits per heavy atom. The van der Waals surface area contributed by atoms with Crippen molar-refractivity contribution in [3.05, 3.63) is 69.7 Å². The highest BCUT2D eigenvalue weighted by Gasteiger charge is 1.99. The second kappa shape index (κ2) is 7.86. The highest BCUT2D eigenvalue weighted by molar-refractivity contribution is 9.10. The van der Waals surface area contributed by atoms with Gasteiger partial charge in [-0.25, -0.2) is 0 Å². The van der Waals surface area contributed by atoms with Crippen LogP contribution in [0, 0.1) is 11.8 Å². The first-order valence-corrected chi connectivity index (χ1v) is 7.08. The van der Waals surface area contributed by atoms with Gasteiger partial charge < -0.3 is 9.84 Å². The van der Waals surface area contributed by atoms with Gasteiger partial charge in [-0.15, -0.1) is 0 Å². The highest BCUT2D eigenvalue weighted by Crippen LogP contribution is 2.17. The maximum absolute atomic E-state index is 8.63. The topological polar surface area (TPSA) is 29.5 Å². The summed E-state index contributed by atoms with van der Waals surface area (Å²) in [7, 11) is 0. The van der Waals surface area contributed by atoms with Crippen molar-refractivity contribution < 1.29 is 9.84 Å². The summed E-state index contributed by atoms with van der Waals surface area (Å²) in [5, 5.41) is 8.63. The molecule has 0 amide bonds. The van der Waals surface area contributed by atoms with Crippen LogP contribution in [0.1, 0.15) is 16.7 Å². The molecule has 2 nitrogen and oxygen atoms in total. The number of aliphatic hydroxyl groups excluding tert-OH is 1. The minimum absolute atomic E-state index is 0.114. The molecule has 0 saturated heterocycles. The first kappa shape index (κ1) is 14.8. The van der Waals surface area contributed by atoms with Gasteiger partial charge in [0.05, 0.1) is 13.2 Å². The molecule has 1 N–H and O–H groups in total. The van der Waals surface area contributed by atoms with Crippen molar-refractivity contribution in [1.82, 2.24) is 0 Å². The quantitative estimate of drug-likeness (QED) is 0.869. The Bertz CT molecular complexity index is 609. The number of halogens is 1. The van der Waals surface area contributed by atoms with Crippen molar-refractivity contribution >= 4 is 15.9 Å². The zero-order chi connectivity index (χ0) is 14.2. The Morgan fingerprint density at radius 1 is 1.00 bits per heavy atom. The van der Waals surface area contributed by atoms with Crippen molar-refractivity contribution in [3.63, 3.8) is 0 Å². The number of hydrogen-bond acceptors (Lipinski definition) is 2. The number of benzene rings is 2. The first-order valence-electron chi connectivity index (χ1n) is 6.29. The summed E-state index contributed by atoms with van der Waals surface area (Å²) < 4.78 is 6.77. The smallest absolute Gasteiger partial charge is 0.104 e. The minimum Gasteiger partial charge on any atom is -0.384 e. The van der Waals surface area contributed by atoms with Crippen LogP contribution in [0.15, 0.2) is 53.0 Å². The lowest BCUT2D eigenvalue weighted by Crippen LogP contribution is -1.95. The summed E-state index contributed by atoms with van der Waals surface area (Å²) >= 11 is 3.50. The van der Waals surface area contributed by atoms with Crippen LogP contribution in [-0.4, -0.2) is 11.7 Å².